The number of nitrogens with two attached hydrogens (primary N) is 3. The summed E-state index contributed by atoms with van der Waals surface area (Å²) in [5.41, 5.74) is 16.6. The first-order chi connectivity index (χ1) is 22.8. The molecule has 0 rings (SSSR count). The van der Waals surface area contributed by atoms with Crippen molar-refractivity contribution in [3.63, 3.8) is 0 Å². The minimum absolute atomic E-state index is 0.0338. The third-order valence-electron chi connectivity index (χ3n) is 8.32. The van der Waals surface area contributed by atoms with Gasteiger partial charge in [-0.25, -0.2) is 4.79 Å². The van der Waals surface area contributed by atoms with Crippen LogP contribution in [0.1, 0.15) is 87.5 Å². The van der Waals surface area contributed by atoms with E-state index in [2.05, 4.69) is 31.6 Å². The van der Waals surface area contributed by atoms with Gasteiger partial charge in [0.25, 0.3) is 0 Å². The molecule has 0 saturated heterocycles. The molecule has 49 heavy (non-hydrogen) atoms. The van der Waals surface area contributed by atoms with E-state index in [0.29, 0.717) is 12.8 Å². The van der Waals surface area contributed by atoms with Crippen LogP contribution in [0.3, 0.4) is 0 Å². The molecule has 0 fully saturated rings. The fourth-order valence-electron chi connectivity index (χ4n) is 4.71. The van der Waals surface area contributed by atoms with Gasteiger partial charge in [0.2, 0.25) is 29.5 Å². The summed E-state index contributed by atoms with van der Waals surface area (Å²) in [6.45, 7) is 13.6. The van der Waals surface area contributed by atoms with Crippen LogP contribution in [-0.2, 0) is 28.8 Å². The second-order valence-electron chi connectivity index (χ2n) is 13.3. The van der Waals surface area contributed by atoms with Gasteiger partial charge in [0.05, 0.1) is 12.6 Å². The number of hydrogen-bond donors (Lipinski definition) is 10. The smallest absolute Gasteiger partial charge is 0.326 e. The van der Waals surface area contributed by atoms with Crippen LogP contribution in [0.5, 0.6) is 0 Å². The van der Waals surface area contributed by atoms with Crippen molar-refractivity contribution in [3.05, 3.63) is 0 Å². The Bertz CT molecular complexity index is 1130. The number of amides is 5. The van der Waals surface area contributed by atoms with E-state index in [1.807, 2.05) is 27.7 Å². The number of hydrogen-bond acceptors (Lipinski definition) is 9. The fourth-order valence-corrected chi connectivity index (χ4v) is 4.71. The first-order valence-corrected chi connectivity index (χ1v) is 17.0. The summed E-state index contributed by atoms with van der Waals surface area (Å²) >= 11 is 0. The van der Waals surface area contributed by atoms with E-state index in [4.69, 9.17) is 17.2 Å². The second-order valence-corrected chi connectivity index (χ2v) is 13.3. The zero-order chi connectivity index (χ0) is 38.0. The topological polar surface area (TPSA) is 293 Å². The molecule has 0 aromatic heterocycles. The second kappa shape index (κ2) is 22.6. The zero-order valence-electron chi connectivity index (χ0n) is 30.2. The number of rotatable bonds is 23. The van der Waals surface area contributed by atoms with Gasteiger partial charge in [-0.05, 0) is 42.9 Å². The Morgan fingerprint density at radius 1 is 0.673 bits per heavy atom. The zero-order valence-corrected chi connectivity index (χ0v) is 30.2. The average Bonchev–Trinajstić information content (AvgIpc) is 3.03. The Hall–Kier alpha value is -3.99. The highest BCUT2D eigenvalue weighted by atomic mass is 16.4. The standard InChI is InChI=1S/C32H61N9O8/c1-9-18(7)23(33)28(45)40-24(17(5)6)29(46)39-22(15-42)27(44)41-25(19(8)10-2)30(47)38-21(14-16(3)4)26(43)37-20(31(48)49)12-11-13-36-32(34)35/h16-25,42H,9-15,33H2,1-8H3,(H,37,43)(H,38,47)(H,39,46)(H,40,45)(H,41,44)(H,48,49)(H4,34,35,36)/t18-,19-,20-,21-,22-,23-,24-,25-/m0/s1. The highest BCUT2D eigenvalue weighted by Gasteiger charge is 2.35. The number of carboxylic acids is 1. The summed E-state index contributed by atoms with van der Waals surface area (Å²) in [6, 6.07) is -6.97. The first-order valence-electron chi connectivity index (χ1n) is 17.0. The maximum absolute atomic E-state index is 13.6. The van der Waals surface area contributed by atoms with Crippen molar-refractivity contribution in [1.82, 2.24) is 26.6 Å². The van der Waals surface area contributed by atoms with Gasteiger partial charge in [-0.3, -0.25) is 29.0 Å². The number of aliphatic hydroxyl groups excluding tert-OH is 1. The summed E-state index contributed by atoms with van der Waals surface area (Å²) in [7, 11) is 0. The number of carbonyl (C=O) groups is 6. The quantitative estimate of drug-likeness (QED) is 0.0338. The molecule has 0 spiro atoms. The van der Waals surface area contributed by atoms with E-state index in [1.165, 1.54) is 0 Å². The molecule has 0 aromatic carbocycles. The Kier molecular flexibility index (Phi) is 20.8. The van der Waals surface area contributed by atoms with Crippen molar-refractivity contribution in [2.24, 2.45) is 45.9 Å². The maximum atomic E-state index is 13.6. The molecule has 13 N–H and O–H groups in total. The molecular formula is C32H61N9O8. The van der Waals surface area contributed by atoms with E-state index in [0.717, 1.165) is 0 Å². The summed E-state index contributed by atoms with van der Waals surface area (Å²) in [5.74, 6) is -6.02. The van der Waals surface area contributed by atoms with Crippen LogP contribution < -0.4 is 43.8 Å². The summed E-state index contributed by atoms with van der Waals surface area (Å²) in [6.07, 6.45) is 1.56. The van der Waals surface area contributed by atoms with Gasteiger partial charge < -0.3 is 54.0 Å². The molecule has 0 aromatic rings. The van der Waals surface area contributed by atoms with Gasteiger partial charge in [-0.15, -0.1) is 0 Å². The van der Waals surface area contributed by atoms with E-state index in [1.54, 1.807) is 27.7 Å². The lowest BCUT2D eigenvalue weighted by Gasteiger charge is -2.30. The first kappa shape index (κ1) is 45.0. The van der Waals surface area contributed by atoms with Gasteiger partial charge in [0.15, 0.2) is 5.96 Å². The van der Waals surface area contributed by atoms with E-state index < -0.39 is 90.2 Å². The van der Waals surface area contributed by atoms with Gasteiger partial charge in [-0.1, -0.05) is 68.2 Å². The van der Waals surface area contributed by atoms with Crippen molar-refractivity contribution in [2.75, 3.05) is 13.2 Å². The Morgan fingerprint density at radius 3 is 1.63 bits per heavy atom. The molecule has 0 saturated carbocycles. The van der Waals surface area contributed by atoms with Crippen LogP contribution in [0.15, 0.2) is 4.99 Å². The van der Waals surface area contributed by atoms with Gasteiger partial charge in [-0.2, -0.15) is 0 Å². The van der Waals surface area contributed by atoms with E-state index in [9.17, 15) is 39.0 Å². The number of nitrogens with one attached hydrogen (secondary N) is 5. The summed E-state index contributed by atoms with van der Waals surface area (Å²) in [4.78, 5) is 81.7. The molecule has 17 heteroatoms. The van der Waals surface area contributed by atoms with Gasteiger partial charge in [0.1, 0.15) is 30.2 Å². The molecule has 8 atom stereocenters. The number of aliphatic imine (C=N–C) groups is 1. The van der Waals surface area contributed by atoms with Crippen molar-refractivity contribution >= 4 is 41.5 Å². The van der Waals surface area contributed by atoms with Crippen LogP contribution in [0.2, 0.25) is 0 Å². The fraction of sp³-hybridized carbons (Fsp3) is 0.781. The van der Waals surface area contributed by atoms with E-state index in [-0.39, 0.29) is 43.6 Å². The highest BCUT2D eigenvalue weighted by Crippen LogP contribution is 2.13. The number of carboxylic acid groups (broad SMARTS) is 1. The largest absolute Gasteiger partial charge is 0.480 e. The van der Waals surface area contributed by atoms with Crippen LogP contribution in [0.4, 0.5) is 0 Å². The highest BCUT2D eigenvalue weighted by molar-refractivity contribution is 5.96. The Morgan fingerprint density at radius 2 is 1.16 bits per heavy atom. The predicted molar refractivity (Wildman–Crippen MR) is 185 cm³/mol. The van der Waals surface area contributed by atoms with Crippen LogP contribution >= 0.6 is 0 Å². The van der Waals surface area contributed by atoms with Crippen molar-refractivity contribution in [2.45, 2.75) is 124 Å². The van der Waals surface area contributed by atoms with Crippen molar-refractivity contribution in [3.8, 4) is 0 Å². The van der Waals surface area contributed by atoms with Crippen LogP contribution in [0.25, 0.3) is 0 Å². The minimum Gasteiger partial charge on any atom is -0.480 e. The molecule has 0 bridgehead atoms. The third kappa shape index (κ3) is 16.3. The number of guanidine groups is 1. The SMILES string of the molecule is CC[C@H](C)[C@H](N)C(=O)N[C@H](C(=O)N[C@@H](CO)C(=O)N[C@H](C(=O)N[C@@H](CC(C)C)C(=O)N[C@@H](CCCN=C(N)N)C(=O)O)[C@@H](C)CC)C(C)C. The maximum Gasteiger partial charge on any atom is 0.326 e. The van der Waals surface area contributed by atoms with Crippen LogP contribution in [0, 0.1) is 23.7 Å². The lowest BCUT2D eigenvalue weighted by Crippen LogP contribution is -2.61. The lowest BCUT2D eigenvalue weighted by atomic mass is 9.96. The van der Waals surface area contributed by atoms with Gasteiger partial charge >= 0.3 is 5.97 Å². The monoisotopic (exact) mass is 699 g/mol. The molecule has 0 heterocycles. The molecule has 0 aliphatic heterocycles. The Labute approximate surface area is 289 Å². The number of nitrogens with zero attached hydrogens (tertiary/aromatic N) is 1. The van der Waals surface area contributed by atoms with Crippen LogP contribution in [-0.4, -0.2) is 101 Å². The molecule has 0 unspecified atom stereocenters. The summed E-state index contributed by atoms with van der Waals surface area (Å²) in [5, 5.41) is 32.5. The van der Waals surface area contributed by atoms with E-state index >= 15 is 0 Å². The Balaban J connectivity index is 5.89. The number of aliphatic hydroxyl groups is 1. The van der Waals surface area contributed by atoms with Gasteiger partial charge in [0, 0.05) is 6.54 Å². The molecular weight excluding hydrogens is 638 g/mol. The summed E-state index contributed by atoms with van der Waals surface area (Å²) < 4.78 is 0. The minimum atomic E-state index is -1.47. The normalized spacial score (nSPS) is 16.2. The number of carbonyl (C=O) groups excluding carboxylic acids is 5. The molecule has 0 radical (unpaired) electrons. The molecule has 282 valence electrons. The predicted octanol–water partition coefficient (Wildman–Crippen LogP) is -1.34. The number of aliphatic carboxylic acids is 1. The molecule has 5 amide bonds. The third-order valence-corrected chi connectivity index (χ3v) is 8.32. The lowest BCUT2D eigenvalue weighted by molar-refractivity contribution is -0.142. The molecule has 0 aliphatic rings. The molecule has 17 nitrogen and oxygen atoms in total. The van der Waals surface area contributed by atoms with Crippen molar-refractivity contribution in [1.29, 1.82) is 0 Å². The molecule has 0 aliphatic carbocycles. The van der Waals surface area contributed by atoms with Crippen molar-refractivity contribution < 1.29 is 39.0 Å². The average molecular weight is 700 g/mol.